The van der Waals surface area contributed by atoms with E-state index in [4.69, 9.17) is 17.0 Å². The van der Waals surface area contributed by atoms with Crippen molar-refractivity contribution in [1.29, 1.82) is 0 Å². The molecule has 1 heterocycles. The van der Waals surface area contributed by atoms with Crippen LogP contribution >= 0.6 is 12.2 Å². The summed E-state index contributed by atoms with van der Waals surface area (Å²) in [6.45, 7) is 4.41. The van der Waals surface area contributed by atoms with Crippen LogP contribution in [0.25, 0.3) is 0 Å². The van der Waals surface area contributed by atoms with E-state index in [1.54, 1.807) is 48.5 Å². The van der Waals surface area contributed by atoms with E-state index in [2.05, 4.69) is 17.6 Å². The zero-order valence-electron chi connectivity index (χ0n) is 17.9. The van der Waals surface area contributed by atoms with Gasteiger partial charge in [-0.1, -0.05) is 13.3 Å². The molecule has 6 nitrogen and oxygen atoms in total. The summed E-state index contributed by atoms with van der Waals surface area (Å²) in [5.74, 6) is 0.503. The lowest BCUT2D eigenvalue weighted by Crippen LogP contribution is -2.35. The van der Waals surface area contributed by atoms with Crippen LogP contribution in [-0.4, -0.2) is 41.5 Å². The van der Waals surface area contributed by atoms with Gasteiger partial charge in [-0.15, -0.1) is 0 Å². The standard InChI is InChI=1S/C24H29N3O3S/c1-2-3-17-30-21-13-9-18(10-14-21)22(28)26-24(31)25-20-11-7-19(8-12-20)23(29)27-15-5-4-6-16-27/h7-14H,2-6,15-17H2,1H3,(H2,25,26,28,31). The van der Waals surface area contributed by atoms with Crippen LogP contribution in [0.2, 0.25) is 0 Å². The average Bonchev–Trinajstić information content (AvgIpc) is 2.80. The lowest BCUT2D eigenvalue weighted by molar-refractivity contribution is 0.0724. The van der Waals surface area contributed by atoms with Gasteiger partial charge in [0.2, 0.25) is 0 Å². The number of hydrogen-bond donors (Lipinski definition) is 2. The van der Waals surface area contributed by atoms with Crippen molar-refractivity contribution in [3.05, 3.63) is 59.7 Å². The van der Waals surface area contributed by atoms with Crippen LogP contribution in [0, 0.1) is 0 Å². The van der Waals surface area contributed by atoms with Gasteiger partial charge in [-0.2, -0.15) is 0 Å². The fourth-order valence-corrected chi connectivity index (χ4v) is 3.56. The molecule has 0 spiro atoms. The first kappa shape index (κ1) is 22.7. The first-order valence-corrected chi connectivity index (χ1v) is 11.2. The highest BCUT2D eigenvalue weighted by atomic mass is 32.1. The Morgan fingerprint density at radius 1 is 0.968 bits per heavy atom. The molecule has 3 rings (SSSR count). The molecule has 0 aliphatic carbocycles. The molecule has 0 atom stereocenters. The van der Waals surface area contributed by atoms with Gasteiger partial charge in [0.1, 0.15) is 5.75 Å². The highest BCUT2D eigenvalue weighted by Crippen LogP contribution is 2.16. The van der Waals surface area contributed by atoms with Gasteiger partial charge in [0.15, 0.2) is 5.11 Å². The maximum Gasteiger partial charge on any atom is 0.257 e. The van der Waals surface area contributed by atoms with Crippen molar-refractivity contribution >= 4 is 34.8 Å². The fourth-order valence-electron chi connectivity index (χ4n) is 3.35. The maximum atomic E-state index is 12.5. The number of ether oxygens (including phenoxy) is 1. The van der Waals surface area contributed by atoms with Gasteiger partial charge in [-0.05, 0) is 86.4 Å². The maximum absolute atomic E-state index is 12.5. The summed E-state index contributed by atoms with van der Waals surface area (Å²) < 4.78 is 5.61. The van der Waals surface area contributed by atoms with Crippen LogP contribution in [0.5, 0.6) is 5.75 Å². The molecule has 1 fully saturated rings. The second kappa shape index (κ2) is 11.5. The van der Waals surface area contributed by atoms with Gasteiger partial charge in [-0.3, -0.25) is 14.9 Å². The molecular formula is C24H29N3O3S. The van der Waals surface area contributed by atoms with E-state index in [-0.39, 0.29) is 16.9 Å². The molecule has 2 N–H and O–H groups in total. The number of piperidine rings is 1. The van der Waals surface area contributed by atoms with Gasteiger partial charge in [-0.25, -0.2) is 0 Å². The molecule has 7 heteroatoms. The number of carbonyl (C=O) groups excluding carboxylic acids is 2. The molecular weight excluding hydrogens is 410 g/mol. The Morgan fingerprint density at radius 3 is 2.26 bits per heavy atom. The minimum absolute atomic E-state index is 0.0595. The number of carbonyl (C=O) groups is 2. The molecule has 2 aromatic carbocycles. The van der Waals surface area contributed by atoms with Crippen LogP contribution in [0.1, 0.15) is 59.7 Å². The summed E-state index contributed by atoms with van der Waals surface area (Å²) in [5, 5.41) is 5.85. The molecule has 31 heavy (non-hydrogen) atoms. The molecule has 0 aromatic heterocycles. The monoisotopic (exact) mass is 439 g/mol. The highest BCUT2D eigenvalue weighted by molar-refractivity contribution is 7.80. The summed E-state index contributed by atoms with van der Waals surface area (Å²) in [4.78, 5) is 26.9. The number of amides is 2. The molecule has 2 aromatic rings. The first-order valence-electron chi connectivity index (χ1n) is 10.8. The SMILES string of the molecule is CCCCOc1ccc(C(=O)NC(=S)Nc2ccc(C(=O)N3CCCCC3)cc2)cc1. The van der Waals surface area contributed by atoms with Crippen LogP contribution in [0.15, 0.2) is 48.5 Å². The number of nitrogens with one attached hydrogen (secondary N) is 2. The Morgan fingerprint density at radius 2 is 1.61 bits per heavy atom. The van der Waals surface area contributed by atoms with Gasteiger partial charge in [0.05, 0.1) is 6.61 Å². The smallest absolute Gasteiger partial charge is 0.257 e. The van der Waals surface area contributed by atoms with Crippen LogP contribution in [-0.2, 0) is 0 Å². The predicted octanol–water partition coefficient (Wildman–Crippen LogP) is 4.62. The highest BCUT2D eigenvalue weighted by Gasteiger charge is 2.18. The molecule has 0 bridgehead atoms. The summed E-state index contributed by atoms with van der Waals surface area (Å²) in [6, 6.07) is 14.1. The van der Waals surface area contributed by atoms with Crippen molar-refractivity contribution in [2.75, 3.05) is 25.0 Å². The number of benzene rings is 2. The van der Waals surface area contributed by atoms with Gasteiger partial charge < -0.3 is 15.0 Å². The molecule has 1 saturated heterocycles. The van der Waals surface area contributed by atoms with E-state index < -0.39 is 0 Å². The molecule has 1 aliphatic heterocycles. The molecule has 0 unspecified atom stereocenters. The topological polar surface area (TPSA) is 70.7 Å². The molecule has 0 radical (unpaired) electrons. The van der Waals surface area contributed by atoms with Crippen LogP contribution in [0.4, 0.5) is 5.69 Å². The van der Waals surface area contributed by atoms with Crippen molar-refractivity contribution in [3.8, 4) is 5.75 Å². The summed E-state index contributed by atoms with van der Waals surface area (Å²) in [7, 11) is 0. The van der Waals surface area contributed by atoms with Crippen molar-refractivity contribution < 1.29 is 14.3 Å². The molecule has 0 saturated carbocycles. The molecule has 1 aliphatic rings. The number of rotatable bonds is 7. The van der Waals surface area contributed by atoms with E-state index in [9.17, 15) is 9.59 Å². The number of anilines is 1. The normalized spacial score (nSPS) is 13.4. The van der Waals surface area contributed by atoms with Gasteiger partial charge in [0.25, 0.3) is 11.8 Å². The Labute approximate surface area is 189 Å². The summed E-state index contributed by atoms with van der Waals surface area (Å²) in [6.07, 6.45) is 5.38. The summed E-state index contributed by atoms with van der Waals surface area (Å²) >= 11 is 5.25. The van der Waals surface area contributed by atoms with Gasteiger partial charge >= 0.3 is 0 Å². The number of hydrogen-bond acceptors (Lipinski definition) is 4. The quantitative estimate of drug-likeness (QED) is 0.487. The number of thiocarbonyl (C=S) groups is 1. The second-order valence-corrected chi connectivity index (χ2v) is 7.97. The van der Waals surface area contributed by atoms with E-state index in [0.717, 1.165) is 44.5 Å². The summed E-state index contributed by atoms with van der Waals surface area (Å²) in [5.41, 5.74) is 1.86. The largest absolute Gasteiger partial charge is 0.494 e. The Bertz CT molecular complexity index is 891. The number of nitrogens with zero attached hydrogens (tertiary/aromatic N) is 1. The Balaban J connectivity index is 1.49. The second-order valence-electron chi connectivity index (χ2n) is 7.56. The van der Waals surface area contributed by atoms with Crippen LogP contribution in [0.3, 0.4) is 0 Å². The minimum atomic E-state index is -0.297. The van der Waals surface area contributed by atoms with E-state index >= 15 is 0 Å². The van der Waals surface area contributed by atoms with E-state index in [1.807, 2.05) is 4.90 Å². The van der Waals surface area contributed by atoms with E-state index in [0.29, 0.717) is 23.4 Å². The third kappa shape index (κ3) is 6.79. The average molecular weight is 440 g/mol. The third-order valence-corrected chi connectivity index (χ3v) is 5.35. The van der Waals surface area contributed by atoms with Crippen LogP contribution < -0.4 is 15.4 Å². The fraction of sp³-hybridized carbons (Fsp3) is 0.375. The Kier molecular flexibility index (Phi) is 8.41. The van der Waals surface area contributed by atoms with Crippen molar-refractivity contribution in [3.63, 3.8) is 0 Å². The lowest BCUT2D eigenvalue weighted by Gasteiger charge is -2.26. The minimum Gasteiger partial charge on any atom is -0.494 e. The van der Waals surface area contributed by atoms with Crippen molar-refractivity contribution in [2.45, 2.75) is 39.0 Å². The predicted molar refractivity (Wildman–Crippen MR) is 127 cm³/mol. The zero-order chi connectivity index (χ0) is 22.1. The van der Waals surface area contributed by atoms with E-state index in [1.165, 1.54) is 6.42 Å². The Hall–Kier alpha value is -2.93. The first-order chi connectivity index (χ1) is 15.1. The van der Waals surface area contributed by atoms with Crippen molar-refractivity contribution in [1.82, 2.24) is 10.2 Å². The van der Waals surface area contributed by atoms with Gasteiger partial charge in [0, 0.05) is 29.9 Å². The molecule has 164 valence electrons. The number of likely N-dealkylation sites (tertiary alicyclic amines) is 1. The zero-order valence-corrected chi connectivity index (χ0v) is 18.7. The van der Waals surface area contributed by atoms with Crippen molar-refractivity contribution in [2.24, 2.45) is 0 Å². The molecule has 2 amide bonds. The number of unbranched alkanes of at least 4 members (excludes halogenated alkanes) is 1. The lowest BCUT2D eigenvalue weighted by atomic mass is 10.1. The third-order valence-electron chi connectivity index (χ3n) is 5.14.